The van der Waals surface area contributed by atoms with Crippen LogP contribution in [-0.2, 0) is 19.4 Å². The molecule has 0 unspecified atom stereocenters. The standard InChI is InChI=1S/C14H27N3/c1-5-13-11-14(17(6-2)16-13)9-7-8-10-15-12(3)4/h11-12,15H,5-10H2,1-4H3. The van der Waals surface area contributed by atoms with E-state index in [1.165, 1.54) is 24.2 Å². The molecule has 0 spiro atoms. The van der Waals surface area contributed by atoms with Gasteiger partial charge in [-0.15, -0.1) is 0 Å². The maximum Gasteiger partial charge on any atom is 0.0624 e. The molecule has 3 heteroatoms. The molecule has 98 valence electrons. The van der Waals surface area contributed by atoms with Crippen LogP contribution in [0.2, 0.25) is 0 Å². The molecular formula is C14H27N3. The van der Waals surface area contributed by atoms with Crippen molar-refractivity contribution in [2.24, 2.45) is 0 Å². The second kappa shape index (κ2) is 7.49. The molecule has 0 amide bonds. The van der Waals surface area contributed by atoms with Crippen molar-refractivity contribution in [2.45, 2.75) is 66.0 Å². The van der Waals surface area contributed by atoms with Crippen LogP contribution >= 0.6 is 0 Å². The van der Waals surface area contributed by atoms with E-state index in [1.807, 2.05) is 0 Å². The van der Waals surface area contributed by atoms with Crippen LogP contribution in [0.1, 0.15) is 51.9 Å². The Morgan fingerprint density at radius 3 is 2.65 bits per heavy atom. The van der Waals surface area contributed by atoms with E-state index in [0.29, 0.717) is 6.04 Å². The molecule has 1 N–H and O–H groups in total. The van der Waals surface area contributed by atoms with Gasteiger partial charge < -0.3 is 5.32 Å². The Labute approximate surface area is 106 Å². The van der Waals surface area contributed by atoms with Gasteiger partial charge in [0, 0.05) is 18.3 Å². The van der Waals surface area contributed by atoms with Gasteiger partial charge in [-0.1, -0.05) is 20.8 Å². The summed E-state index contributed by atoms with van der Waals surface area (Å²) >= 11 is 0. The minimum atomic E-state index is 0.600. The van der Waals surface area contributed by atoms with Crippen LogP contribution in [0, 0.1) is 0 Å². The number of aryl methyl sites for hydroxylation is 3. The lowest BCUT2D eigenvalue weighted by atomic mass is 10.1. The fourth-order valence-electron chi connectivity index (χ4n) is 1.98. The molecular weight excluding hydrogens is 210 g/mol. The molecule has 0 radical (unpaired) electrons. The summed E-state index contributed by atoms with van der Waals surface area (Å²) in [6.45, 7) is 10.8. The Hall–Kier alpha value is -0.830. The number of hydrogen-bond acceptors (Lipinski definition) is 2. The van der Waals surface area contributed by atoms with Gasteiger partial charge in [-0.3, -0.25) is 4.68 Å². The summed E-state index contributed by atoms with van der Waals surface area (Å²) in [5.41, 5.74) is 2.62. The molecule has 0 saturated heterocycles. The number of nitrogens with zero attached hydrogens (tertiary/aromatic N) is 2. The molecule has 0 bridgehead atoms. The van der Waals surface area contributed by atoms with Gasteiger partial charge in [-0.2, -0.15) is 5.10 Å². The Kier molecular flexibility index (Phi) is 6.27. The third-order valence-electron chi connectivity index (χ3n) is 2.99. The molecule has 0 aromatic carbocycles. The highest BCUT2D eigenvalue weighted by molar-refractivity contribution is 5.10. The van der Waals surface area contributed by atoms with Crippen molar-refractivity contribution in [3.05, 3.63) is 17.5 Å². The number of unbranched alkanes of at least 4 members (excludes halogenated alkanes) is 1. The fraction of sp³-hybridized carbons (Fsp3) is 0.786. The fourth-order valence-corrected chi connectivity index (χ4v) is 1.98. The number of rotatable bonds is 8. The van der Waals surface area contributed by atoms with Crippen molar-refractivity contribution >= 4 is 0 Å². The van der Waals surface area contributed by atoms with Gasteiger partial charge in [-0.05, 0) is 45.2 Å². The SMILES string of the molecule is CCc1cc(CCCCNC(C)C)n(CC)n1. The van der Waals surface area contributed by atoms with Crippen molar-refractivity contribution in [2.75, 3.05) is 6.54 Å². The zero-order valence-electron chi connectivity index (χ0n) is 11.8. The summed E-state index contributed by atoms with van der Waals surface area (Å²) in [5, 5.41) is 8.03. The average Bonchev–Trinajstić information content (AvgIpc) is 2.70. The quantitative estimate of drug-likeness (QED) is 0.705. The first kappa shape index (κ1) is 14.2. The van der Waals surface area contributed by atoms with Gasteiger partial charge in [-0.25, -0.2) is 0 Å². The molecule has 3 nitrogen and oxygen atoms in total. The lowest BCUT2D eigenvalue weighted by Crippen LogP contribution is -2.23. The second-order valence-corrected chi connectivity index (χ2v) is 4.86. The monoisotopic (exact) mass is 237 g/mol. The first-order valence-corrected chi connectivity index (χ1v) is 6.96. The molecule has 1 rings (SSSR count). The lowest BCUT2D eigenvalue weighted by molar-refractivity contribution is 0.545. The Morgan fingerprint density at radius 2 is 2.06 bits per heavy atom. The molecule has 17 heavy (non-hydrogen) atoms. The predicted octanol–water partition coefficient (Wildman–Crippen LogP) is 2.79. The Balaban J connectivity index is 2.32. The van der Waals surface area contributed by atoms with Crippen molar-refractivity contribution in [3.8, 4) is 0 Å². The third kappa shape index (κ3) is 4.90. The summed E-state index contributed by atoms with van der Waals surface area (Å²) in [6.07, 6.45) is 4.68. The highest BCUT2D eigenvalue weighted by atomic mass is 15.3. The van der Waals surface area contributed by atoms with Gasteiger partial charge in [0.05, 0.1) is 5.69 Å². The van der Waals surface area contributed by atoms with Crippen molar-refractivity contribution in [1.29, 1.82) is 0 Å². The average molecular weight is 237 g/mol. The minimum Gasteiger partial charge on any atom is -0.315 e. The predicted molar refractivity (Wildman–Crippen MR) is 73.4 cm³/mol. The molecule has 0 saturated carbocycles. The van der Waals surface area contributed by atoms with Crippen LogP contribution in [0.15, 0.2) is 6.07 Å². The molecule has 0 aliphatic rings. The summed E-state index contributed by atoms with van der Waals surface area (Å²) in [6, 6.07) is 2.86. The Bertz CT molecular complexity index is 315. The summed E-state index contributed by atoms with van der Waals surface area (Å²) in [4.78, 5) is 0. The van der Waals surface area contributed by atoms with Gasteiger partial charge >= 0.3 is 0 Å². The lowest BCUT2D eigenvalue weighted by Gasteiger charge is -2.08. The van der Waals surface area contributed by atoms with Crippen LogP contribution in [0.25, 0.3) is 0 Å². The van der Waals surface area contributed by atoms with E-state index in [-0.39, 0.29) is 0 Å². The maximum absolute atomic E-state index is 4.58. The van der Waals surface area contributed by atoms with Crippen LogP contribution < -0.4 is 5.32 Å². The molecule has 1 aromatic rings. The molecule has 0 aliphatic heterocycles. The topological polar surface area (TPSA) is 29.9 Å². The minimum absolute atomic E-state index is 0.600. The first-order chi connectivity index (χ1) is 8.17. The van der Waals surface area contributed by atoms with E-state index in [1.54, 1.807) is 0 Å². The zero-order valence-corrected chi connectivity index (χ0v) is 11.8. The molecule has 0 fully saturated rings. The van der Waals surface area contributed by atoms with Crippen molar-refractivity contribution < 1.29 is 0 Å². The van der Waals surface area contributed by atoms with E-state index in [0.717, 1.165) is 25.9 Å². The highest BCUT2D eigenvalue weighted by Gasteiger charge is 2.05. The smallest absolute Gasteiger partial charge is 0.0624 e. The van der Waals surface area contributed by atoms with Crippen LogP contribution in [0.4, 0.5) is 0 Å². The molecule has 0 aliphatic carbocycles. The van der Waals surface area contributed by atoms with Gasteiger partial charge in [0.15, 0.2) is 0 Å². The number of aromatic nitrogens is 2. The van der Waals surface area contributed by atoms with E-state index in [2.05, 4.69) is 48.9 Å². The van der Waals surface area contributed by atoms with Crippen LogP contribution in [-0.4, -0.2) is 22.4 Å². The van der Waals surface area contributed by atoms with Crippen LogP contribution in [0.3, 0.4) is 0 Å². The number of hydrogen-bond donors (Lipinski definition) is 1. The largest absolute Gasteiger partial charge is 0.315 e. The first-order valence-electron chi connectivity index (χ1n) is 6.96. The second-order valence-electron chi connectivity index (χ2n) is 4.86. The summed E-state index contributed by atoms with van der Waals surface area (Å²) in [7, 11) is 0. The highest BCUT2D eigenvalue weighted by Crippen LogP contribution is 2.09. The Morgan fingerprint density at radius 1 is 1.29 bits per heavy atom. The van der Waals surface area contributed by atoms with Gasteiger partial charge in [0.25, 0.3) is 0 Å². The molecule has 0 atom stereocenters. The van der Waals surface area contributed by atoms with E-state index < -0.39 is 0 Å². The summed E-state index contributed by atoms with van der Waals surface area (Å²) < 4.78 is 2.15. The molecule has 1 heterocycles. The van der Waals surface area contributed by atoms with Gasteiger partial charge in [0.1, 0.15) is 0 Å². The van der Waals surface area contributed by atoms with Crippen molar-refractivity contribution in [3.63, 3.8) is 0 Å². The van der Waals surface area contributed by atoms with Gasteiger partial charge in [0.2, 0.25) is 0 Å². The van der Waals surface area contributed by atoms with E-state index in [9.17, 15) is 0 Å². The summed E-state index contributed by atoms with van der Waals surface area (Å²) in [5.74, 6) is 0. The van der Waals surface area contributed by atoms with E-state index in [4.69, 9.17) is 0 Å². The molecule has 1 aromatic heterocycles. The number of nitrogens with one attached hydrogen (secondary N) is 1. The van der Waals surface area contributed by atoms with Crippen molar-refractivity contribution in [1.82, 2.24) is 15.1 Å². The third-order valence-corrected chi connectivity index (χ3v) is 2.99. The maximum atomic E-state index is 4.58. The normalized spacial score (nSPS) is 11.4. The van der Waals surface area contributed by atoms with Crippen LogP contribution in [0.5, 0.6) is 0 Å². The van der Waals surface area contributed by atoms with E-state index >= 15 is 0 Å². The zero-order chi connectivity index (χ0) is 12.7.